The molecule has 2 aliphatic rings. The van der Waals surface area contributed by atoms with Crippen LogP contribution in [0, 0.1) is 6.92 Å². The van der Waals surface area contributed by atoms with E-state index in [9.17, 15) is 0 Å². The molecular formula is C12H14ClNO2. The van der Waals surface area contributed by atoms with Gasteiger partial charge in [0, 0.05) is 12.0 Å². The summed E-state index contributed by atoms with van der Waals surface area (Å²) in [6.45, 7) is 2.98. The third-order valence-corrected chi connectivity index (χ3v) is 3.94. The Morgan fingerprint density at radius 2 is 2.06 bits per heavy atom. The smallest absolute Gasteiger partial charge is 0.231 e. The van der Waals surface area contributed by atoms with Gasteiger partial charge in [-0.2, -0.15) is 0 Å². The molecule has 1 aliphatic carbocycles. The Morgan fingerprint density at radius 3 is 2.69 bits per heavy atom. The lowest BCUT2D eigenvalue weighted by Gasteiger charge is -2.17. The third-order valence-electron chi connectivity index (χ3n) is 3.66. The highest BCUT2D eigenvalue weighted by atomic mass is 35.5. The number of fused-ring (bicyclic) bond motifs is 1. The maximum Gasteiger partial charge on any atom is 0.231 e. The SMILES string of the molecule is Cc1c(C2(CN)CC2)cc(Cl)c2c1OCO2. The van der Waals surface area contributed by atoms with Crippen molar-refractivity contribution in [3.63, 3.8) is 0 Å². The second-order valence-electron chi connectivity index (χ2n) is 4.58. The molecule has 1 aromatic carbocycles. The van der Waals surface area contributed by atoms with Gasteiger partial charge in [0.15, 0.2) is 11.5 Å². The van der Waals surface area contributed by atoms with Gasteiger partial charge in [0.1, 0.15) is 0 Å². The average molecular weight is 240 g/mol. The van der Waals surface area contributed by atoms with E-state index in [0.29, 0.717) is 17.3 Å². The number of nitrogens with two attached hydrogens (primary N) is 1. The van der Waals surface area contributed by atoms with Gasteiger partial charge in [0.2, 0.25) is 6.79 Å². The molecule has 3 rings (SSSR count). The number of hydrogen-bond donors (Lipinski definition) is 1. The van der Waals surface area contributed by atoms with Gasteiger partial charge in [0.05, 0.1) is 5.02 Å². The van der Waals surface area contributed by atoms with Crippen LogP contribution < -0.4 is 15.2 Å². The van der Waals surface area contributed by atoms with E-state index in [-0.39, 0.29) is 12.2 Å². The predicted molar refractivity (Wildman–Crippen MR) is 62.3 cm³/mol. The molecule has 1 fully saturated rings. The molecule has 86 valence electrons. The molecule has 0 spiro atoms. The summed E-state index contributed by atoms with van der Waals surface area (Å²) in [6.07, 6.45) is 2.28. The minimum Gasteiger partial charge on any atom is -0.453 e. The lowest BCUT2D eigenvalue weighted by Crippen LogP contribution is -2.20. The Labute approximate surface area is 99.5 Å². The van der Waals surface area contributed by atoms with Crippen molar-refractivity contribution in [1.82, 2.24) is 0 Å². The van der Waals surface area contributed by atoms with Crippen LogP contribution in [-0.4, -0.2) is 13.3 Å². The third kappa shape index (κ3) is 1.25. The number of hydrogen-bond acceptors (Lipinski definition) is 3. The summed E-state index contributed by atoms with van der Waals surface area (Å²) in [5, 5.41) is 0.632. The second-order valence-corrected chi connectivity index (χ2v) is 4.99. The summed E-state index contributed by atoms with van der Waals surface area (Å²) in [4.78, 5) is 0. The van der Waals surface area contributed by atoms with E-state index in [1.165, 1.54) is 5.56 Å². The van der Waals surface area contributed by atoms with E-state index in [1.54, 1.807) is 0 Å². The fraction of sp³-hybridized carbons (Fsp3) is 0.500. The predicted octanol–water partition coefficient (Wildman–Crippen LogP) is 2.37. The maximum atomic E-state index is 6.19. The normalized spacial score (nSPS) is 19.9. The summed E-state index contributed by atoms with van der Waals surface area (Å²) < 4.78 is 10.8. The van der Waals surface area contributed by atoms with Gasteiger partial charge >= 0.3 is 0 Å². The zero-order chi connectivity index (χ0) is 11.3. The minimum atomic E-state index is 0.134. The first-order valence-corrected chi connectivity index (χ1v) is 5.85. The van der Waals surface area contributed by atoms with Crippen LogP contribution >= 0.6 is 11.6 Å². The average Bonchev–Trinajstić information content (AvgIpc) is 2.91. The Kier molecular flexibility index (Phi) is 2.10. The molecule has 1 aliphatic heterocycles. The standard InChI is InChI=1S/C12H14ClNO2/c1-7-8(12(5-14)2-3-12)4-9(13)11-10(7)15-6-16-11/h4H,2-3,5-6,14H2,1H3. The van der Waals surface area contributed by atoms with Gasteiger partial charge in [0.25, 0.3) is 0 Å². The molecule has 1 saturated carbocycles. The van der Waals surface area contributed by atoms with Crippen molar-refractivity contribution in [3.05, 3.63) is 22.2 Å². The zero-order valence-electron chi connectivity index (χ0n) is 9.18. The summed E-state index contributed by atoms with van der Waals surface area (Å²) in [7, 11) is 0. The van der Waals surface area contributed by atoms with Gasteiger partial charge in [-0.05, 0) is 37.0 Å². The molecule has 0 bridgehead atoms. The lowest BCUT2D eigenvalue weighted by molar-refractivity contribution is 0.173. The highest BCUT2D eigenvalue weighted by Crippen LogP contribution is 2.53. The summed E-state index contributed by atoms with van der Waals surface area (Å²) in [6, 6.07) is 1.99. The highest BCUT2D eigenvalue weighted by molar-refractivity contribution is 6.32. The number of halogens is 1. The molecule has 0 amide bonds. The fourth-order valence-electron chi connectivity index (χ4n) is 2.44. The first-order chi connectivity index (χ1) is 7.68. The zero-order valence-corrected chi connectivity index (χ0v) is 9.93. The first-order valence-electron chi connectivity index (χ1n) is 5.47. The molecule has 16 heavy (non-hydrogen) atoms. The molecule has 0 radical (unpaired) electrons. The molecule has 3 nitrogen and oxygen atoms in total. The molecule has 2 N–H and O–H groups in total. The fourth-order valence-corrected chi connectivity index (χ4v) is 2.69. The number of rotatable bonds is 2. The van der Waals surface area contributed by atoms with Crippen LogP contribution in [0.1, 0.15) is 24.0 Å². The lowest BCUT2D eigenvalue weighted by atomic mass is 9.91. The molecule has 0 saturated heterocycles. The van der Waals surface area contributed by atoms with Crippen molar-refractivity contribution in [3.8, 4) is 11.5 Å². The van der Waals surface area contributed by atoms with Crippen LogP contribution in [0.3, 0.4) is 0 Å². The van der Waals surface area contributed by atoms with Crippen molar-refractivity contribution in [1.29, 1.82) is 0 Å². The maximum absolute atomic E-state index is 6.19. The molecule has 1 aromatic rings. The number of benzene rings is 1. The van der Waals surface area contributed by atoms with Gasteiger partial charge < -0.3 is 15.2 Å². The summed E-state index contributed by atoms with van der Waals surface area (Å²) in [5.41, 5.74) is 8.33. The molecule has 4 heteroatoms. The van der Waals surface area contributed by atoms with Crippen molar-refractivity contribution < 1.29 is 9.47 Å². The van der Waals surface area contributed by atoms with Crippen LogP contribution in [0.5, 0.6) is 11.5 Å². The summed E-state index contributed by atoms with van der Waals surface area (Å²) in [5.74, 6) is 1.47. The van der Waals surface area contributed by atoms with E-state index in [0.717, 1.165) is 24.2 Å². The number of ether oxygens (including phenoxy) is 2. The highest BCUT2D eigenvalue weighted by Gasteiger charge is 2.45. The van der Waals surface area contributed by atoms with Gasteiger partial charge in [-0.25, -0.2) is 0 Å². The van der Waals surface area contributed by atoms with E-state index in [2.05, 4.69) is 6.92 Å². The second kappa shape index (κ2) is 3.28. The van der Waals surface area contributed by atoms with Gasteiger partial charge in [-0.1, -0.05) is 11.6 Å². The van der Waals surface area contributed by atoms with Crippen molar-refractivity contribution in [2.24, 2.45) is 5.73 Å². The largest absolute Gasteiger partial charge is 0.453 e. The minimum absolute atomic E-state index is 0.134. The van der Waals surface area contributed by atoms with Crippen molar-refractivity contribution in [2.45, 2.75) is 25.2 Å². The van der Waals surface area contributed by atoms with E-state index < -0.39 is 0 Å². The van der Waals surface area contributed by atoms with Gasteiger partial charge in [-0.3, -0.25) is 0 Å². The molecule has 0 aromatic heterocycles. The van der Waals surface area contributed by atoms with E-state index in [4.69, 9.17) is 26.8 Å². The van der Waals surface area contributed by atoms with Crippen LogP contribution in [0.25, 0.3) is 0 Å². The van der Waals surface area contributed by atoms with E-state index >= 15 is 0 Å². The van der Waals surface area contributed by atoms with Crippen LogP contribution in [0.15, 0.2) is 6.07 Å². The Bertz CT molecular complexity index is 455. The van der Waals surface area contributed by atoms with Gasteiger partial charge in [-0.15, -0.1) is 0 Å². The van der Waals surface area contributed by atoms with Crippen LogP contribution in [0.2, 0.25) is 5.02 Å². The molecule has 0 atom stereocenters. The molecular weight excluding hydrogens is 226 g/mol. The Hall–Kier alpha value is -0.930. The first kappa shape index (κ1) is 10.2. The Morgan fingerprint density at radius 1 is 1.38 bits per heavy atom. The quantitative estimate of drug-likeness (QED) is 0.862. The Balaban J connectivity index is 2.17. The molecule has 0 unspecified atom stereocenters. The van der Waals surface area contributed by atoms with Crippen molar-refractivity contribution in [2.75, 3.05) is 13.3 Å². The van der Waals surface area contributed by atoms with E-state index in [1.807, 2.05) is 6.07 Å². The topological polar surface area (TPSA) is 44.5 Å². The van der Waals surface area contributed by atoms with Crippen molar-refractivity contribution >= 4 is 11.6 Å². The molecule has 1 heterocycles. The summed E-state index contributed by atoms with van der Waals surface area (Å²) >= 11 is 6.19. The van der Waals surface area contributed by atoms with Crippen LogP contribution in [0.4, 0.5) is 0 Å². The van der Waals surface area contributed by atoms with Crippen LogP contribution in [-0.2, 0) is 5.41 Å². The monoisotopic (exact) mass is 239 g/mol.